The Bertz CT molecular complexity index is 553. The van der Waals surface area contributed by atoms with Crippen LogP contribution in [0.15, 0.2) is 48.5 Å². The van der Waals surface area contributed by atoms with Crippen molar-refractivity contribution in [3.63, 3.8) is 0 Å². The van der Waals surface area contributed by atoms with Crippen LogP contribution in [0.3, 0.4) is 0 Å². The summed E-state index contributed by atoms with van der Waals surface area (Å²) in [6.07, 6.45) is 0. The molecule has 0 radical (unpaired) electrons. The predicted octanol–water partition coefficient (Wildman–Crippen LogP) is 4.18. The Labute approximate surface area is 115 Å². The number of benzene rings is 2. The van der Waals surface area contributed by atoms with E-state index in [2.05, 4.69) is 56.4 Å². The lowest BCUT2D eigenvalue weighted by atomic mass is 9.86. The fourth-order valence-electron chi connectivity index (χ4n) is 2.18. The minimum absolute atomic E-state index is 0.131. The van der Waals surface area contributed by atoms with Gasteiger partial charge in [-0.05, 0) is 28.7 Å². The van der Waals surface area contributed by atoms with Crippen LogP contribution in [0.5, 0.6) is 0 Å². The van der Waals surface area contributed by atoms with Gasteiger partial charge in [0.1, 0.15) is 0 Å². The fourth-order valence-corrected chi connectivity index (χ4v) is 2.18. The highest BCUT2D eigenvalue weighted by atomic mass is 14.9. The van der Waals surface area contributed by atoms with Crippen LogP contribution in [0, 0.1) is 0 Å². The van der Waals surface area contributed by atoms with Crippen molar-refractivity contribution in [3.05, 3.63) is 59.7 Å². The molecule has 0 bridgehead atoms. The summed E-state index contributed by atoms with van der Waals surface area (Å²) >= 11 is 0. The Kier molecular flexibility index (Phi) is 3.79. The molecule has 0 saturated heterocycles. The Hall–Kier alpha value is -1.96. The standard InChI is InChI=1S/C17H22N2/c1-17(2,3)14-9-5-7-11-16(14)19-12-13-8-4-6-10-15(13)18/h4-11,19H,12,18H2,1-3H3. The molecule has 2 rings (SSSR count). The average Bonchev–Trinajstić information content (AvgIpc) is 2.37. The first-order chi connectivity index (χ1) is 8.98. The SMILES string of the molecule is CC(C)(C)c1ccccc1NCc1ccccc1N. The summed E-state index contributed by atoms with van der Waals surface area (Å²) in [4.78, 5) is 0. The molecule has 0 fully saturated rings. The number of nitrogen functional groups attached to an aromatic ring is 1. The molecule has 19 heavy (non-hydrogen) atoms. The molecule has 0 saturated carbocycles. The molecular weight excluding hydrogens is 232 g/mol. The van der Waals surface area contributed by atoms with Crippen LogP contribution in [0.2, 0.25) is 0 Å². The minimum atomic E-state index is 0.131. The monoisotopic (exact) mass is 254 g/mol. The molecule has 0 aliphatic carbocycles. The van der Waals surface area contributed by atoms with Gasteiger partial charge in [0.15, 0.2) is 0 Å². The molecule has 0 spiro atoms. The van der Waals surface area contributed by atoms with Crippen LogP contribution in [0.25, 0.3) is 0 Å². The fraction of sp³-hybridized carbons (Fsp3) is 0.294. The van der Waals surface area contributed by atoms with Crippen LogP contribution in [0.4, 0.5) is 11.4 Å². The molecule has 2 heteroatoms. The molecule has 100 valence electrons. The van der Waals surface area contributed by atoms with Crippen molar-refractivity contribution >= 4 is 11.4 Å². The van der Waals surface area contributed by atoms with E-state index in [-0.39, 0.29) is 5.41 Å². The van der Waals surface area contributed by atoms with Crippen LogP contribution < -0.4 is 11.1 Å². The van der Waals surface area contributed by atoms with Gasteiger partial charge >= 0.3 is 0 Å². The number of anilines is 2. The molecule has 0 aromatic heterocycles. The van der Waals surface area contributed by atoms with Gasteiger partial charge in [0, 0.05) is 17.9 Å². The van der Waals surface area contributed by atoms with Crippen LogP contribution in [-0.2, 0) is 12.0 Å². The highest BCUT2D eigenvalue weighted by Crippen LogP contribution is 2.29. The van der Waals surface area contributed by atoms with Gasteiger partial charge in [-0.15, -0.1) is 0 Å². The number of hydrogen-bond donors (Lipinski definition) is 2. The van der Waals surface area contributed by atoms with Gasteiger partial charge in [-0.2, -0.15) is 0 Å². The van der Waals surface area contributed by atoms with Crippen molar-refractivity contribution in [1.82, 2.24) is 0 Å². The summed E-state index contributed by atoms with van der Waals surface area (Å²) < 4.78 is 0. The summed E-state index contributed by atoms with van der Waals surface area (Å²) in [7, 11) is 0. The Morgan fingerprint density at radius 1 is 0.947 bits per heavy atom. The molecule has 2 aromatic rings. The second-order valence-electron chi connectivity index (χ2n) is 5.85. The molecule has 0 unspecified atom stereocenters. The lowest BCUT2D eigenvalue weighted by Crippen LogP contribution is -2.15. The van der Waals surface area contributed by atoms with E-state index < -0.39 is 0 Å². The smallest absolute Gasteiger partial charge is 0.0421 e. The van der Waals surface area contributed by atoms with Gasteiger partial charge in [0.25, 0.3) is 0 Å². The minimum Gasteiger partial charge on any atom is -0.398 e. The second kappa shape index (κ2) is 5.35. The third kappa shape index (κ3) is 3.28. The first-order valence-electron chi connectivity index (χ1n) is 6.65. The summed E-state index contributed by atoms with van der Waals surface area (Å²) in [6, 6.07) is 16.4. The van der Waals surface area contributed by atoms with Crippen molar-refractivity contribution in [2.45, 2.75) is 32.7 Å². The van der Waals surface area contributed by atoms with E-state index in [1.165, 1.54) is 11.3 Å². The van der Waals surface area contributed by atoms with Crippen molar-refractivity contribution in [2.75, 3.05) is 11.1 Å². The summed E-state index contributed by atoms with van der Waals surface area (Å²) in [5, 5.41) is 3.50. The van der Waals surface area contributed by atoms with Gasteiger partial charge in [-0.25, -0.2) is 0 Å². The molecule has 0 amide bonds. The first kappa shape index (κ1) is 13.5. The van der Waals surface area contributed by atoms with E-state index >= 15 is 0 Å². The maximum Gasteiger partial charge on any atom is 0.0421 e. The maximum atomic E-state index is 5.97. The Morgan fingerprint density at radius 2 is 1.58 bits per heavy atom. The van der Waals surface area contributed by atoms with E-state index in [0.29, 0.717) is 0 Å². The van der Waals surface area contributed by atoms with Crippen LogP contribution >= 0.6 is 0 Å². The van der Waals surface area contributed by atoms with E-state index in [1.54, 1.807) is 0 Å². The zero-order valence-corrected chi connectivity index (χ0v) is 11.9. The quantitative estimate of drug-likeness (QED) is 0.806. The highest BCUT2D eigenvalue weighted by molar-refractivity contribution is 5.56. The average molecular weight is 254 g/mol. The predicted molar refractivity (Wildman–Crippen MR) is 83.3 cm³/mol. The van der Waals surface area contributed by atoms with Crippen LogP contribution in [-0.4, -0.2) is 0 Å². The molecule has 0 atom stereocenters. The van der Waals surface area contributed by atoms with Gasteiger partial charge in [0.05, 0.1) is 0 Å². The van der Waals surface area contributed by atoms with E-state index in [9.17, 15) is 0 Å². The Morgan fingerprint density at radius 3 is 2.26 bits per heavy atom. The summed E-state index contributed by atoms with van der Waals surface area (Å²) in [6.45, 7) is 7.43. The topological polar surface area (TPSA) is 38.0 Å². The van der Waals surface area contributed by atoms with Gasteiger partial charge in [-0.1, -0.05) is 57.2 Å². The molecule has 2 nitrogen and oxygen atoms in total. The van der Waals surface area contributed by atoms with E-state index in [0.717, 1.165) is 17.8 Å². The van der Waals surface area contributed by atoms with Gasteiger partial charge in [0.2, 0.25) is 0 Å². The molecule has 3 N–H and O–H groups in total. The van der Waals surface area contributed by atoms with Crippen molar-refractivity contribution in [2.24, 2.45) is 0 Å². The van der Waals surface area contributed by atoms with Crippen molar-refractivity contribution < 1.29 is 0 Å². The molecular formula is C17H22N2. The third-order valence-corrected chi connectivity index (χ3v) is 3.26. The molecule has 0 heterocycles. The Balaban J connectivity index is 2.19. The van der Waals surface area contributed by atoms with Gasteiger partial charge < -0.3 is 11.1 Å². The lowest BCUT2D eigenvalue weighted by Gasteiger charge is -2.23. The van der Waals surface area contributed by atoms with Crippen molar-refractivity contribution in [1.29, 1.82) is 0 Å². The molecule has 2 aromatic carbocycles. The maximum absolute atomic E-state index is 5.97. The summed E-state index contributed by atoms with van der Waals surface area (Å²) in [5.74, 6) is 0. The molecule has 0 aliphatic rings. The zero-order chi connectivity index (χ0) is 13.9. The molecule has 0 aliphatic heterocycles. The zero-order valence-electron chi connectivity index (χ0n) is 11.9. The number of para-hydroxylation sites is 2. The third-order valence-electron chi connectivity index (χ3n) is 3.26. The van der Waals surface area contributed by atoms with Gasteiger partial charge in [-0.3, -0.25) is 0 Å². The number of nitrogens with one attached hydrogen (secondary N) is 1. The second-order valence-corrected chi connectivity index (χ2v) is 5.85. The van der Waals surface area contributed by atoms with E-state index in [1.807, 2.05) is 18.2 Å². The largest absolute Gasteiger partial charge is 0.398 e. The van der Waals surface area contributed by atoms with E-state index in [4.69, 9.17) is 5.73 Å². The number of hydrogen-bond acceptors (Lipinski definition) is 2. The normalized spacial score (nSPS) is 11.3. The summed E-state index contributed by atoms with van der Waals surface area (Å²) in [5.41, 5.74) is 10.6. The van der Waals surface area contributed by atoms with Crippen LogP contribution in [0.1, 0.15) is 31.9 Å². The lowest BCUT2D eigenvalue weighted by molar-refractivity contribution is 0.591. The number of nitrogens with two attached hydrogens (primary N) is 1. The number of rotatable bonds is 3. The highest BCUT2D eigenvalue weighted by Gasteiger charge is 2.17. The first-order valence-corrected chi connectivity index (χ1v) is 6.65. The van der Waals surface area contributed by atoms with Crippen molar-refractivity contribution in [3.8, 4) is 0 Å².